The van der Waals surface area contributed by atoms with E-state index in [0.29, 0.717) is 0 Å². The summed E-state index contributed by atoms with van der Waals surface area (Å²) in [5.74, 6) is 0. The maximum atomic E-state index is 12.2. The predicted octanol–water partition coefficient (Wildman–Crippen LogP) is 1.65. The molecule has 13 N–H and O–H groups in total. The number of nitrogen functional groups attached to an aromatic ring is 2. The highest BCUT2D eigenvalue weighted by molar-refractivity contribution is 7.90. The molecule has 37 heavy (non-hydrogen) atoms. The van der Waals surface area contributed by atoms with Crippen LogP contribution in [0.5, 0.6) is 0 Å². The minimum Gasteiger partial charge on any atom is -0.744 e. The van der Waals surface area contributed by atoms with Crippen molar-refractivity contribution in [2.75, 3.05) is 11.5 Å². The number of hydrogen-bond donors (Lipinski definition) is 5. The number of rotatable bonds is 5. The van der Waals surface area contributed by atoms with Crippen LogP contribution >= 0.6 is 0 Å². The lowest BCUT2D eigenvalue weighted by molar-refractivity contribution is 0.461. The average Bonchev–Trinajstić information content (AvgIpc) is 2.70. The summed E-state index contributed by atoms with van der Waals surface area (Å²) in [6.45, 7) is 1.43. The van der Waals surface area contributed by atoms with Gasteiger partial charge < -0.3 is 37.4 Å². The van der Waals surface area contributed by atoms with Crippen LogP contribution in [0, 0.1) is 12.3 Å². The second-order valence-corrected chi connectivity index (χ2v) is 11.4. The summed E-state index contributed by atoms with van der Waals surface area (Å²) in [4.78, 5) is -2.73. The molecule has 0 aliphatic heterocycles. The molecule has 0 saturated carbocycles. The van der Waals surface area contributed by atoms with Crippen LogP contribution in [0.25, 0.3) is 5.57 Å². The summed E-state index contributed by atoms with van der Waals surface area (Å²) in [6.07, 6.45) is 2.84. The highest BCUT2D eigenvalue weighted by Gasteiger charge is 2.24. The Kier molecular flexibility index (Phi) is 8.99. The Morgan fingerprint density at radius 3 is 1.97 bits per heavy atom. The van der Waals surface area contributed by atoms with Crippen molar-refractivity contribution in [1.82, 2.24) is 12.3 Å². The number of quaternary nitrogens is 2. The van der Waals surface area contributed by atoms with Crippen molar-refractivity contribution in [2.45, 2.75) is 16.7 Å². The van der Waals surface area contributed by atoms with E-state index >= 15 is 0 Å². The van der Waals surface area contributed by atoms with Crippen LogP contribution in [0.3, 0.4) is 0 Å². The zero-order chi connectivity index (χ0) is 26.5. The van der Waals surface area contributed by atoms with Crippen molar-refractivity contribution in [3.8, 4) is 0 Å². The number of anilines is 2. The molecule has 0 unspecified atom stereocenters. The van der Waals surface area contributed by atoms with Gasteiger partial charge in [0, 0.05) is 11.3 Å². The van der Waals surface area contributed by atoms with E-state index in [4.69, 9.17) is 16.9 Å². The summed E-state index contributed by atoms with van der Waals surface area (Å²) in [5.41, 5.74) is 9.19. The molecule has 2 aromatic carbocycles. The zero-order valence-corrected chi connectivity index (χ0v) is 22.1. The van der Waals surface area contributed by atoms with E-state index in [0.717, 1.165) is 30.4 Å². The summed E-state index contributed by atoms with van der Waals surface area (Å²) in [6, 6.07) is 5.56. The molecule has 2 aromatic rings. The molecule has 0 bridgehead atoms. The molecule has 0 aromatic heterocycles. The van der Waals surface area contributed by atoms with Crippen molar-refractivity contribution in [1.29, 1.82) is 5.41 Å². The van der Waals surface area contributed by atoms with E-state index in [9.17, 15) is 38.9 Å². The predicted molar refractivity (Wildman–Crippen MR) is 136 cm³/mol. The first-order valence-electron chi connectivity index (χ1n) is 9.33. The van der Waals surface area contributed by atoms with E-state index in [1.807, 2.05) is 0 Å². The average molecular weight is 576 g/mol. The summed E-state index contributed by atoms with van der Waals surface area (Å²) in [7, 11) is -15.5. The van der Waals surface area contributed by atoms with E-state index < -0.39 is 62.1 Å². The van der Waals surface area contributed by atoms with Crippen molar-refractivity contribution in [2.24, 2.45) is 0 Å². The third kappa shape index (κ3) is 6.29. The number of nitrogens with one attached hydrogen (secondary N) is 1. The number of benzene rings is 2. The maximum Gasteiger partial charge on any atom is 1.00 e. The second-order valence-electron chi connectivity index (χ2n) is 7.37. The topological polar surface area (TPSA) is 320 Å². The van der Waals surface area contributed by atoms with Gasteiger partial charge >= 0.3 is 1.43 Å². The van der Waals surface area contributed by atoms with Gasteiger partial charge in [0.2, 0.25) is 0 Å². The lowest BCUT2D eigenvalue weighted by atomic mass is 9.89. The third-order valence-corrected chi connectivity index (χ3v) is 7.75. The lowest BCUT2D eigenvalue weighted by Gasteiger charge is -2.23. The van der Waals surface area contributed by atoms with Crippen LogP contribution in [-0.4, -0.2) is 44.6 Å². The standard InChI is InChI=1S/C20H19N3O9S3.2H3N/c1-10-2-5-13(20(19(10)23)35(30,31)32)18(11-3-6-14(21)16(8-11)33(24,25)26)12-4-7-15(22)17(9-12)34(27,28)29;;/h2-9,21H,22-23H2,1H3,(H,24,25,26)(H,27,28,29)(H,30,31,32);2*1H3/b18-11-,21-14?;;. The van der Waals surface area contributed by atoms with Crippen LogP contribution in [0.2, 0.25) is 0 Å². The van der Waals surface area contributed by atoms with Crippen LogP contribution in [0.15, 0.2) is 68.8 Å². The smallest absolute Gasteiger partial charge is 0.744 e. The van der Waals surface area contributed by atoms with Gasteiger partial charge in [-0.15, -0.1) is 0 Å². The summed E-state index contributed by atoms with van der Waals surface area (Å²) < 4.78 is 107. The number of aryl methyl sites for hydroxylation is 1. The van der Waals surface area contributed by atoms with Gasteiger partial charge in [0.05, 0.1) is 26.1 Å². The van der Waals surface area contributed by atoms with Crippen LogP contribution in [0.4, 0.5) is 11.4 Å². The Morgan fingerprint density at radius 2 is 1.46 bits per heavy atom. The van der Waals surface area contributed by atoms with Crippen molar-refractivity contribution >= 4 is 53.0 Å². The largest absolute Gasteiger partial charge is 1.00 e. The second kappa shape index (κ2) is 10.5. The first-order chi connectivity index (χ1) is 15.9. The van der Waals surface area contributed by atoms with E-state index in [-0.39, 0.29) is 41.6 Å². The molecule has 0 amide bonds. The Morgan fingerprint density at radius 1 is 0.865 bits per heavy atom. The van der Waals surface area contributed by atoms with Crippen molar-refractivity contribution in [3.63, 3.8) is 0 Å². The van der Waals surface area contributed by atoms with Crippen molar-refractivity contribution < 1.29 is 40.3 Å². The monoisotopic (exact) mass is 575 g/mol. The molecular weight excluding hydrogens is 550 g/mol. The Hall–Kier alpha value is -3.42. The normalized spacial score (nSPS) is 15.4. The van der Waals surface area contributed by atoms with Gasteiger partial charge in [-0.25, -0.2) is 25.3 Å². The Bertz CT molecular complexity index is 1710. The molecule has 1 aliphatic rings. The Labute approximate surface area is 214 Å². The molecule has 0 spiro atoms. The zero-order valence-electron chi connectivity index (χ0n) is 20.7. The third-order valence-electron chi connectivity index (χ3n) is 5.04. The molecule has 0 saturated heterocycles. The van der Waals surface area contributed by atoms with Gasteiger partial charge in [0.25, 0.3) is 0 Å². The van der Waals surface area contributed by atoms with Gasteiger partial charge in [-0.1, -0.05) is 24.3 Å². The van der Waals surface area contributed by atoms with Gasteiger partial charge in [-0.2, -0.15) is 0 Å². The number of nitrogens with two attached hydrogens (primary N) is 2. The first kappa shape index (κ1) is 31.6. The van der Waals surface area contributed by atoms with Gasteiger partial charge in [0.15, 0.2) is 0 Å². The Balaban J connectivity index is 0.00000456. The van der Waals surface area contributed by atoms with Crippen LogP contribution in [0.1, 0.15) is 18.1 Å². The molecule has 3 rings (SSSR count). The van der Waals surface area contributed by atoms with E-state index in [2.05, 4.69) is 0 Å². The van der Waals surface area contributed by atoms with E-state index in [1.165, 1.54) is 25.1 Å². The molecule has 0 radical (unpaired) electrons. The molecule has 0 fully saturated rings. The van der Waals surface area contributed by atoms with Gasteiger partial charge in [-0.3, -0.25) is 5.41 Å². The molecular formula is C20H25N5O9S3. The molecule has 0 atom stereocenters. The van der Waals surface area contributed by atoms with Gasteiger partial charge in [0.1, 0.15) is 30.4 Å². The minimum atomic E-state index is -5.26. The van der Waals surface area contributed by atoms with Gasteiger partial charge in [-0.05, 0) is 53.5 Å². The summed E-state index contributed by atoms with van der Waals surface area (Å²) in [5, 5.41) is 7.73. The highest BCUT2D eigenvalue weighted by Crippen LogP contribution is 2.39. The van der Waals surface area contributed by atoms with Crippen molar-refractivity contribution in [3.05, 3.63) is 75.7 Å². The highest BCUT2D eigenvalue weighted by atomic mass is 32.2. The fourth-order valence-electron chi connectivity index (χ4n) is 3.43. The number of allylic oxidation sites excluding steroid dienone is 5. The van der Waals surface area contributed by atoms with E-state index in [1.54, 1.807) is 0 Å². The quantitative estimate of drug-likeness (QED) is 0.252. The first-order valence-corrected chi connectivity index (χ1v) is 13.6. The molecule has 202 valence electrons. The summed E-state index contributed by atoms with van der Waals surface area (Å²) >= 11 is 0. The number of hydrogen-bond acceptors (Lipinski definition) is 12. The molecule has 17 heteroatoms. The lowest BCUT2D eigenvalue weighted by Crippen LogP contribution is -2.14. The fourth-order valence-corrected chi connectivity index (χ4v) is 5.54. The van der Waals surface area contributed by atoms with Crippen LogP contribution in [-0.2, 0) is 30.4 Å². The maximum absolute atomic E-state index is 12.2. The van der Waals surface area contributed by atoms with Crippen LogP contribution < -0.4 is 23.8 Å². The molecule has 14 nitrogen and oxygen atoms in total. The molecule has 1 aliphatic carbocycles. The minimum absolute atomic E-state index is 0. The molecule has 0 heterocycles. The SMILES string of the molecule is Cc1ccc(/C(=C2/C=CC(=N)C(S(=O)(=O)[O-])=C2)c2ccc(N)c(S(=O)(=O)[O-])c2)c(S(=O)(=O)[O-])c1N.[H+].[NH4+].[NH4+]. The fraction of sp³-hybridized carbons (Fsp3) is 0.0500.